The van der Waals surface area contributed by atoms with E-state index >= 15 is 0 Å². The second kappa shape index (κ2) is 3.54. The van der Waals surface area contributed by atoms with Crippen LogP contribution in [0.5, 0.6) is 0 Å². The van der Waals surface area contributed by atoms with E-state index in [1.54, 1.807) is 3.97 Å². The smallest absolute Gasteiger partial charge is 0.247 e. The molecule has 13 heavy (non-hydrogen) atoms. The van der Waals surface area contributed by atoms with E-state index < -0.39 is 6.08 Å². The van der Waals surface area contributed by atoms with Crippen LogP contribution in [-0.4, -0.2) is 18.9 Å². The van der Waals surface area contributed by atoms with Crippen LogP contribution in [0, 0.1) is 6.08 Å². The Balaban J connectivity index is 2.82. The van der Waals surface area contributed by atoms with Crippen molar-refractivity contribution in [1.29, 1.82) is 0 Å². The largest absolute Gasteiger partial charge is 0.312 e. The van der Waals surface area contributed by atoms with Crippen molar-refractivity contribution >= 4 is 53.1 Å². The van der Waals surface area contributed by atoms with Gasteiger partial charge >= 0.3 is 6.08 Å². The van der Waals surface area contributed by atoms with E-state index in [0.29, 0.717) is 11.2 Å². The summed E-state index contributed by atoms with van der Waals surface area (Å²) in [7, 11) is 1.33. The molecule has 0 spiro atoms. The highest BCUT2D eigenvalue weighted by Crippen LogP contribution is 2.24. The number of aromatic nitrogens is 4. The molecule has 0 fully saturated rings. The molecule has 8 heteroatoms. The number of hydrogen-bond acceptors (Lipinski definition) is 4. The summed E-state index contributed by atoms with van der Waals surface area (Å²) in [5.41, 5.74) is 0.795. The van der Waals surface area contributed by atoms with Crippen LogP contribution in [0.15, 0.2) is 6.33 Å². The molecular weight excluding hydrogens is 330 g/mol. The second-order valence-corrected chi connectivity index (χ2v) is 4.17. The Hall–Kier alpha value is -0.150. The molecule has 0 aliphatic rings. The summed E-state index contributed by atoms with van der Waals surface area (Å²) in [6, 6.07) is 0. The van der Waals surface area contributed by atoms with Gasteiger partial charge in [0.2, 0.25) is 0 Å². The van der Waals surface area contributed by atoms with Crippen LogP contribution in [0.1, 0.15) is 0 Å². The molecule has 0 unspecified atom stereocenters. The fourth-order valence-electron chi connectivity index (χ4n) is 0.872. The van der Waals surface area contributed by atoms with E-state index in [9.17, 15) is 4.39 Å². The minimum Gasteiger partial charge on any atom is -0.247 e. The maximum absolute atomic E-state index is 12.7. The summed E-state index contributed by atoms with van der Waals surface area (Å²) < 4.78 is 14.3. The molecule has 2 heterocycles. The Morgan fingerprint density at radius 1 is 1.54 bits per heavy atom. The molecule has 0 bridgehead atoms. The average molecular weight is 331 g/mol. The molecule has 2 rings (SSSR count). The maximum atomic E-state index is 12.7. The molecule has 0 radical (unpaired) electrons. The van der Waals surface area contributed by atoms with Gasteiger partial charge in [-0.3, -0.25) is 0 Å². The van der Waals surface area contributed by atoms with Gasteiger partial charge in [0.25, 0.3) is 0 Å². The third-order valence-electron chi connectivity index (χ3n) is 1.37. The molecule has 0 aliphatic heterocycles. The van der Waals surface area contributed by atoms with Crippen LogP contribution in [0.2, 0.25) is 5.15 Å². The Bertz CT molecular complexity index is 461. The number of halogens is 3. The van der Waals surface area contributed by atoms with Crippen molar-refractivity contribution in [3.63, 3.8) is 0 Å². The van der Waals surface area contributed by atoms with Gasteiger partial charge in [-0.1, -0.05) is 11.6 Å². The lowest BCUT2D eigenvalue weighted by Gasteiger charge is -1.95. The molecule has 0 aromatic carbocycles. The lowest BCUT2D eigenvalue weighted by atomic mass is 10.6. The minimum absolute atomic E-state index is 0.0340. The molecule has 0 aliphatic carbocycles. The van der Waals surface area contributed by atoms with E-state index in [0.717, 1.165) is 0 Å². The Labute approximate surface area is 93.6 Å². The van der Waals surface area contributed by atoms with E-state index in [2.05, 4.69) is 15.0 Å². The highest BCUT2D eigenvalue weighted by Gasteiger charge is 2.11. The molecule has 2 aromatic rings. The maximum Gasteiger partial charge on any atom is 0.312 e. The molecule has 68 valence electrons. The van der Waals surface area contributed by atoms with E-state index in [1.807, 2.05) is 21.2 Å². The highest BCUT2D eigenvalue weighted by molar-refractivity contribution is 14.2. The Kier molecular flexibility index (Phi) is 2.56. The van der Waals surface area contributed by atoms with Crippen molar-refractivity contribution < 1.29 is 4.39 Å². The fourth-order valence-corrected chi connectivity index (χ4v) is 2.21. The van der Waals surface area contributed by atoms with Crippen LogP contribution in [0.4, 0.5) is 4.39 Å². The first-order valence-electron chi connectivity index (χ1n) is 3.07. The quantitative estimate of drug-likeness (QED) is 0.458. The van der Waals surface area contributed by atoms with Gasteiger partial charge in [-0.2, -0.15) is 14.4 Å². The highest BCUT2D eigenvalue weighted by atomic mass is 127. The normalized spacial score (nSPS) is 11.0. The summed E-state index contributed by atoms with van der Waals surface area (Å²) in [4.78, 5) is 10.9. The predicted octanol–water partition coefficient (Wildman–Crippen LogP) is 2.47. The Morgan fingerprint density at radius 3 is 3.00 bits per heavy atom. The van der Waals surface area contributed by atoms with Crippen molar-refractivity contribution in [3.05, 3.63) is 17.6 Å². The summed E-state index contributed by atoms with van der Waals surface area (Å²) in [6.45, 7) is 0. The summed E-state index contributed by atoms with van der Waals surface area (Å²) in [6.07, 6.45) is 0.673. The SMILES string of the molecule is Fc1nc(Cl)c2ncn(SI)c2n1. The van der Waals surface area contributed by atoms with Gasteiger partial charge < -0.3 is 0 Å². The van der Waals surface area contributed by atoms with Gasteiger partial charge in [0.05, 0.1) is 0 Å². The molecule has 4 nitrogen and oxygen atoms in total. The van der Waals surface area contributed by atoms with Crippen LogP contribution in [0.25, 0.3) is 11.2 Å². The molecule has 0 saturated heterocycles. The Morgan fingerprint density at radius 2 is 2.31 bits per heavy atom. The van der Waals surface area contributed by atoms with Gasteiger partial charge in [0, 0.05) is 30.3 Å². The van der Waals surface area contributed by atoms with Crippen molar-refractivity contribution in [1.82, 2.24) is 18.9 Å². The van der Waals surface area contributed by atoms with Crippen LogP contribution in [0.3, 0.4) is 0 Å². The zero-order valence-electron chi connectivity index (χ0n) is 5.91. The van der Waals surface area contributed by atoms with Gasteiger partial charge in [-0.05, 0) is 0 Å². The molecule has 2 aromatic heterocycles. The van der Waals surface area contributed by atoms with Gasteiger partial charge in [0.1, 0.15) is 11.8 Å². The van der Waals surface area contributed by atoms with Crippen LogP contribution < -0.4 is 0 Å². The van der Waals surface area contributed by atoms with Crippen LogP contribution in [-0.2, 0) is 0 Å². The summed E-state index contributed by atoms with van der Waals surface area (Å²) in [5, 5.41) is 0.0340. The third-order valence-corrected chi connectivity index (χ3v) is 3.32. The predicted molar refractivity (Wildman–Crippen MR) is 57.3 cm³/mol. The number of hydrogen-bond donors (Lipinski definition) is 0. The van der Waals surface area contributed by atoms with Crippen molar-refractivity contribution in [2.24, 2.45) is 0 Å². The molecule has 0 amide bonds. The van der Waals surface area contributed by atoms with E-state index in [-0.39, 0.29) is 5.15 Å². The number of nitrogens with zero attached hydrogens (tertiary/aromatic N) is 4. The van der Waals surface area contributed by atoms with E-state index in [4.69, 9.17) is 11.6 Å². The van der Waals surface area contributed by atoms with Crippen molar-refractivity contribution in [2.75, 3.05) is 0 Å². The standard InChI is InChI=1S/C5HClFIN4S/c6-3-2-4(11-5(7)10-3)12(13-8)1-9-2/h1H. The number of fused-ring (bicyclic) bond motifs is 1. The first-order chi connectivity index (χ1) is 6.22. The van der Waals surface area contributed by atoms with Crippen molar-refractivity contribution in [3.8, 4) is 0 Å². The third kappa shape index (κ3) is 1.59. The first kappa shape index (κ1) is 9.41. The summed E-state index contributed by atoms with van der Waals surface area (Å²) >= 11 is 7.69. The topological polar surface area (TPSA) is 43.6 Å². The monoisotopic (exact) mass is 330 g/mol. The second-order valence-electron chi connectivity index (χ2n) is 2.10. The van der Waals surface area contributed by atoms with Crippen LogP contribution >= 0.6 is 41.9 Å². The van der Waals surface area contributed by atoms with Gasteiger partial charge in [-0.25, -0.2) is 8.96 Å². The lowest BCUT2D eigenvalue weighted by molar-refractivity contribution is 0.543. The number of imidazole rings is 1. The average Bonchev–Trinajstić information content (AvgIpc) is 2.47. The first-order valence-corrected chi connectivity index (χ1v) is 6.77. The molecule has 0 N–H and O–H groups in total. The fraction of sp³-hybridized carbons (Fsp3) is 0. The lowest BCUT2D eigenvalue weighted by Crippen LogP contribution is -1.92. The molecule has 0 saturated carbocycles. The van der Waals surface area contributed by atoms with Gasteiger partial charge in [0.15, 0.2) is 10.8 Å². The number of rotatable bonds is 1. The molecule has 0 atom stereocenters. The van der Waals surface area contributed by atoms with Gasteiger partial charge in [-0.15, -0.1) is 0 Å². The summed E-state index contributed by atoms with van der Waals surface area (Å²) in [5.74, 6) is 0. The minimum atomic E-state index is -0.843. The van der Waals surface area contributed by atoms with E-state index in [1.165, 1.54) is 15.4 Å². The van der Waals surface area contributed by atoms with Crippen molar-refractivity contribution in [2.45, 2.75) is 0 Å². The zero-order chi connectivity index (χ0) is 9.42. The zero-order valence-corrected chi connectivity index (χ0v) is 9.64. The molecular formula is C5HClFIN4S.